The average Bonchev–Trinajstić information content (AvgIpc) is 3.07. The normalized spacial score (nSPS) is 20.7. The van der Waals surface area contributed by atoms with Crippen LogP contribution in [0.2, 0.25) is 0 Å². The summed E-state index contributed by atoms with van der Waals surface area (Å²) in [6.45, 7) is 0. The summed E-state index contributed by atoms with van der Waals surface area (Å²) in [5.74, 6) is -0.497. The fourth-order valence-electron chi connectivity index (χ4n) is 4.00. The molecule has 0 bridgehead atoms. The smallest absolute Gasteiger partial charge is 0.263 e. The molecule has 5 rings (SSSR count). The number of ketones is 2. The Kier molecular flexibility index (Phi) is 4.25. The van der Waals surface area contributed by atoms with E-state index in [2.05, 4.69) is 0 Å². The van der Waals surface area contributed by atoms with Gasteiger partial charge in [0.05, 0.1) is 17.7 Å². The molecule has 4 nitrogen and oxygen atoms in total. The molecule has 0 atom stereocenters. The van der Waals surface area contributed by atoms with E-state index in [0.717, 1.165) is 22.4 Å². The van der Waals surface area contributed by atoms with Gasteiger partial charge in [0.2, 0.25) is 0 Å². The number of carbonyl (C=O) groups excluding carboxylic acids is 3. The van der Waals surface area contributed by atoms with Crippen LogP contribution in [0.4, 0.5) is 0 Å². The topological polar surface area (TPSA) is 54.5 Å². The number of benzene rings is 2. The molecule has 1 amide bonds. The molecule has 0 fully saturated rings. The zero-order valence-electron chi connectivity index (χ0n) is 16.0. The van der Waals surface area contributed by atoms with Crippen LogP contribution in [0.15, 0.2) is 108 Å². The zero-order valence-corrected chi connectivity index (χ0v) is 16.0. The first-order valence-corrected chi connectivity index (χ1v) is 9.71. The number of carbonyl (C=O) groups is 3. The molecule has 0 spiro atoms. The van der Waals surface area contributed by atoms with Gasteiger partial charge in [-0.25, -0.2) is 0 Å². The van der Waals surface area contributed by atoms with Crippen molar-refractivity contribution in [3.8, 4) is 0 Å². The predicted octanol–water partition coefficient (Wildman–Crippen LogP) is 4.25. The second-order valence-corrected chi connectivity index (χ2v) is 7.27. The summed E-state index contributed by atoms with van der Waals surface area (Å²) in [5, 5.41) is 0. The van der Waals surface area contributed by atoms with E-state index in [-0.39, 0.29) is 23.9 Å². The van der Waals surface area contributed by atoms with Crippen molar-refractivity contribution >= 4 is 28.6 Å². The molecular formula is C26H17NO3. The van der Waals surface area contributed by atoms with E-state index < -0.39 is 0 Å². The van der Waals surface area contributed by atoms with E-state index in [4.69, 9.17) is 0 Å². The van der Waals surface area contributed by atoms with Gasteiger partial charge in [0.15, 0.2) is 11.6 Å². The third-order valence-electron chi connectivity index (χ3n) is 5.40. The first kappa shape index (κ1) is 18.0. The molecule has 3 aliphatic rings. The van der Waals surface area contributed by atoms with Gasteiger partial charge >= 0.3 is 0 Å². The summed E-state index contributed by atoms with van der Waals surface area (Å²) in [6.07, 6.45) is 8.21. The summed E-state index contributed by atoms with van der Waals surface area (Å²) in [6, 6.07) is 19.4. The molecule has 0 radical (unpaired) electrons. The molecule has 2 aliphatic heterocycles. The predicted molar refractivity (Wildman–Crippen MR) is 115 cm³/mol. The Morgan fingerprint density at radius 3 is 1.97 bits per heavy atom. The van der Waals surface area contributed by atoms with Crippen molar-refractivity contribution in [2.75, 3.05) is 0 Å². The van der Waals surface area contributed by atoms with Crippen molar-refractivity contribution in [2.24, 2.45) is 0 Å². The standard InChI is InChI=1S/C26H17NO3/c28-20-11-12-21(23(29)16-20)19-13-14-27-22(15-19)24(17-7-3-1-4-8-17)25(26(27)30)18-9-5-2-6-10-18/h1-15H,16H2. The monoisotopic (exact) mass is 391 g/mol. The van der Waals surface area contributed by atoms with Gasteiger partial charge < -0.3 is 0 Å². The van der Waals surface area contributed by atoms with Crippen molar-refractivity contribution < 1.29 is 14.4 Å². The molecule has 144 valence electrons. The Balaban J connectivity index is 1.74. The molecule has 2 aromatic rings. The maximum absolute atomic E-state index is 13.3. The van der Waals surface area contributed by atoms with Gasteiger partial charge in [-0.15, -0.1) is 0 Å². The van der Waals surface area contributed by atoms with Crippen LogP contribution in [0.1, 0.15) is 17.5 Å². The Labute approximate surface area is 173 Å². The second kappa shape index (κ2) is 7.08. The van der Waals surface area contributed by atoms with Gasteiger partial charge in [-0.2, -0.15) is 0 Å². The lowest BCUT2D eigenvalue weighted by atomic mass is 9.91. The number of rotatable bonds is 2. The van der Waals surface area contributed by atoms with Crippen molar-refractivity contribution in [2.45, 2.75) is 6.42 Å². The largest absolute Gasteiger partial charge is 0.294 e. The summed E-state index contributed by atoms with van der Waals surface area (Å²) in [4.78, 5) is 38.9. The van der Waals surface area contributed by atoms with Crippen LogP contribution in [0.3, 0.4) is 0 Å². The maximum Gasteiger partial charge on any atom is 0.263 e. The molecule has 2 heterocycles. The SMILES string of the molecule is O=C1C=CC(=C2C=CN3C(=O)C(c4ccccc4)=C(c4ccccc4)C3=C2)C(=O)C1. The molecule has 4 heteroatoms. The van der Waals surface area contributed by atoms with Crippen molar-refractivity contribution in [3.05, 3.63) is 119 Å². The quantitative estimate of drug-likeness (QED) is 0.568. The van der Waals surface area contributed by atoms with Crippen molar-refractivity contribution in [1.82, 2.24) is 4.90 Å². The number of nitrogens with zero attached hydrogens (tertiary/aromatic N) is 1. The minimum atomic E-state index is -0.203. The van der Waals surface area contributed by atoms with Gasteiger partial charge in [0.1, 0.15) is 0 Å². The Morgan fingerprint density at radius 1 is 0.700 bits per heavy atom. The first-order valence-electron chi connectivity index (χ1n) is 9.71. The van der Waals surface area contributed by atoms with Crippen LogP contribution in [-0.4, -0.2) is 22.4 Å². The van der Waals surface area contributed by atoms with Gasteiger partial charge in [0, 0.05) is 17.3 Å². The average molecular weight is 391 g/mol. The summed E-state index contributed by atoms with van der Waals surface area (Å²) >= 11 is 0. The zero-order chi connectivity index (χ0) is 20.7. The fraction of sp³-hybridized carbons (Fsp3) is 0.0385. The molecule has 1 aliphatic carbocycles. The highest BCUT2D eigenvalue weighted by Crippen LogP contribution is 2.44. The summed E-state index contributed by atoms with van der Waals surface area (Å²) < 4.78 is 0. The number of amides is 1. The fourth-order valence-corrected chi connectivity index (χ4v) is 4.00. The number of Topliss-reactive ketones (excluding diaryl/α,β-unsaturated/α-hetero) is 1. The van der Waals surface area contributed by atoms with Crippen LogP contribution in [0, 0.1) is 0 Å². The number of hydrogen-bond acceptors (Lipinski definition) is 3. The molecule has 2 aromatic carbocycles. The Hall–Kier alpha value is -4.05. The lowest BCUT2D eigenvalue weighted by Crippen LogP contribution is -2.22. The summed E-state index contributed by atoms with van der Waals surface area (Å²) in [5.41, 5.74) is 5.16. The minimum absolute atomic E-state index is 0.104. The van der Waals surface area contributed by atoms with Gasteiger partial charge in [0.25, 0.3) is 5.91 Å². The third kappa shape index (κ3) is 2.90. The third-order valence-corrected chi connectivity index (χ3v) is 5.40. The molecule has 30 heavy (non-hydrogen) atoms. The number of allylic oxidation sites excluding steroid dienone is 7. The van der Waals surface area contributed by atoms with E-state index in [0.29, 0.717) is 16.7 Å². The molecular weight excluding hydrogens is 374 g/mol. The maximum atomic E-state index is 13.3. The first-order chi connectivity index (χ1) is 14.6. The second-order valence-electron chi connectivity index (χ2n) is 7.27. The lowest BCUT2D eigenvalue weighted by molar-refractivity contribution is -0.123. The molecule has 0 unspecified atom stereocenters. The lowest BCUT2D eigenvalue weighted by Gasteiger charge is -2.21. The van der Waals surface area contributed by atoms with E-state index in [1.54, 1.807) is 23.3 Å². The molecule has 0 saturated carbocycles. The highest BCUT2D eigenvalue weighted by Gasteiger charge is 2.37. The van der Waals surface area contributed by atoms with Crippen LogP contribution in [0.5, 0.6) is 0 Å². The summed E-state index contributed by atoms with van der Waals surface area (Å²) in [7, 11) is 0. The van der Waals surface area contributed by atoms with Gasteiger partial charge in [-0.3, -0.25) is 19.3 Å². The van der Waals surface area contributed by atoms with E-state index in [1.807, 2.05) is 66.7 Å². The highest BCUT2D eigenvalue weighted by atomic mass is 16.2. The Morgan fingerprint density at radius 2 is 1.33 bits per heavy atom. The van der Waals surface area contributed by atoms with E-state index in [1.165, 1.54) is 6.08 Å². The molecule has 0 N–H and O–H groups in total. The van der Waals surface area contributed by atoms with Crippen LogP contribution < -0.4 is 0 Å². The van der Waals surface area contributed by atoms with Gasteiger partial charge in [-0.05, 0) is 41.0 Å². The van der Waals surface area contributed by atoms with E-state index >= 15 is 0 Å². The van der Waals surface area contributed by atoms with Crippen LogP contribution >= 0.6 is 0 Å². The van der Waals surface area contributed by atoms with Gasteiger partial charge in [-0.1, -0.05) is 60.7 Å². The molecule has 0 saturated heterocycles. The van der Waals surface area contributed by atoms with Crippen LogP contribution in [0.25, 0.3) is 11.1 Å². The van der Waals surface area contributed by atoms with Crippen molar-refractivity contribution in [3.63, 3.8) is 0 Å². The Bertz CT molecular complexity index is 1240. The van der Waals surface area contributed by atoms with Crippen molar-refractivity contribution in [1.29, 1.82) is 0 Å². The van der Waals surface area contributed by atoms with E-state index in [9.17, 15) is 14.4 Å². The minimum Gasteiger partial charge on any atom is -0.294 e. The van der Waals surface area contributed by atoms with Crippen LogP contribution in [-0.2, 0) is 14.4 Å². The number of fused-ring (bicyclic) bond motifs is 1. The highest BCUT2D eigenvalue weighted by molar-refractivity contribution is 6.34. The number of hydrogen-bond donors (Lipinski definition) is 0. The molecule has 0 aromatic heterocycles.